The third kappa shape index (κ3) is 6.09. The second kappa shape index (κ2) is 8.55. The van der Waals surface area contributed by atoms with Crippen LogP contribution in [0.25, 0.3) is 0 Å². The Morgan fingerprint density at radius 3 is 1.92 bits per heavy atom. The zero-order valence-electron chi connectivity index (χ0n) is 9.68. The van der Waals surface area contributed by atoms with Gasteiger partial charge in [-0.3, -0.25) is 0 Å². The summed E-state index contributed by atoms with van der Waals surface area (Å²) in [6.07, 6.45) is 6.36. The second-order valence-corrected chi connectivity index (χ2v) is 3.83. The summed E-state index contributed by atoms with van der Waals surface area (Å²) >= 11 is 0. The fourth-order valence-electron chi connectivity index (χ4n) is 1.67. The lowest BCUT2D eigenvalue weighted by atomic mass is 10.1. The Balaban J connectivity index is 3.72. The summed E-state index contributed by atoms with van der Waals surface area (Å²) in [6, 6.07) is 0.542. The van der Waals surface area contributed by atoms with E-state index in [2.05, 4.69) is 32.6 Å². The van der Waals surface area contributed by atoms with Crippen LogP contribution < -0.4 is 0 Å². The molecule has 0 saturated carbocycles. The monoisotopic (exact) mass is 184 g/mol. The molecule has 0 aromatic heterocycles. The van der Waals surface area contributed by atoms with Crippen LogP contribution in [0.4, 0.5) is 0 Å². The molecule has 1 heteroatoms. The summed E-state index contributed by atoms with van der Waals surface area (Å²) in [5.41, 5.74) is 0. The van der Waals surface area contributed by atoms with E-state index in [1.54, 1.807) is 0 Å². The van der Waals surface area contributed by atoms with Crippen LogP contribution in [0.2, 0.25) is 0 Å². The summed E-state index contributed by atoms with van der Waals surface area (Å²) < 4.78 is 0. The standard InChI is InChI=1S/C12H26N/c1-5-8-9-12(4)13(10-6-2)11-7-3/h12H,4-11H2,1-3H3. The van der Waals surface area contributed by atoms with Crippen molar-refractivity contribution in [3.8, 4) is 0 Å². The Morgan fingerprint density at radius 1 is 1.00 bits per heavy atom. The third-order valence-corrected chi connectivity index (χ3v) is 2.43. The minimum Gasteiger partial charge on any atom is -0.300 e. The summed E-state index contributed by atoms with van der Waals surface area (Å²) in [6.45, 7) is 13.4. The van der Waals surface area contributed by atoms with E-state index < -0.39 is 0 Å². The molecule has 0 amide bonds. The lowest BCUT2D eigenvalue weighted by Crippen LogP contribution is -2.34. The largest absolute Gasteiger partial charge is 0.300 e. The molecule has 1 unspecified atom stereocenters. The fourth-order valence-corrected chi connectivity index (χ4v) is 1.67. The molecule has 0 aromatic carbocycles. The first-order chi connectivity index (χ1) is 6.26. The normalized spacial score (nSPS) is 13.6. The van der Waals surface area contributed by atoms with E-state index in [9.17, 15) is 0 Å². The van der Waals surface area contributed by atoms with Crippen molar-refractivity contribution in [2.45, 2.75) is 58.9 Å². The lowest BCUT2D eigenvalue weighted by Gasteiger charge is -2.28. The van der Waals surface area contributed by atoms with E-state index in [4.69, 9.17) is 0 Å². The van der Waals surface area contributed by atoms with E-state index >= 15 is 0 Å². The van der Waals surface area contributed by atoms with E-state index in [0.717, 1.165) is 0 Å². The van der Waals surface area contributed by atoms with Gasteiger partial charge in [0, 0.05) is 6.04 Å². The minimum absolute atomic E-state index is 0.542. The summed E-state index contributed by atoms with van der Waals surface area (Å²) in [5.74, 6) is 0. The Morgan fingerprint density at radius 2 is 1.54 bits per heavy atom. The molecule has 1 atom stereocenters. The Hall–Kier alpha value is -0.0400. The van der Waals surface area contributed by atoms with Crippen LogP contribution in [-0.2, 0) is 0 Å². The van der Waals surface area contributed by atoms with Crippen LogP contribution >= 0.6 is 0 Å². The zero-order chi connectivity index (χ0) is 10.1. The van der Waals surface area contributed by atoms with Crippen LogP contribution in [0.15, 0.2) is 0 Å². The molecule has 0 heterocycles. The van der Waals surface area contributed by atoms with Crippen LogP contribution in [0.5, 0.6) is 0 Å². The van der Waals surface area contributed by atoms with Crippen LogP contribution in [0.3, 0.4) is 0 Å². The van der Waals surface area contributed by atoms with Gasteiger partial charge >= 0.3 is 0 Å². The number of hydrogen-bond donors (Lipinski definition) is 0. The van der Waals surface area contributed by atoms with E-state index in [1.165, 1.54) is 45.2 Å². The van der Waals surface area contributed by atoms with E-state index in [0.29, 0.717) is 6.04 Å². The van der Waals surface area contributed by atoms with Crippen molar-refractivity contribution in [3.63, 3.8) is 0 Å². The molecule has 0 spiro atoms. The molecule has 13 heavy (non-hydrogen) atoms. The zero-order valence-corrected chi connectivity index (χ0v) is 9.68. The van der Waals surface area contributed by atoms with Gasteiger partial charge in [0.2, 0.25) is 0 Å². The van der Waals surface area contributed by atoms with Crippen LogP contribution in [0, 0.1) is 6.92 Å². The predicted octanol–water partition coefficient (Wildman–Crippen LogP) is 3.50. The van der Waals surface area contributed by atoms with Gasteiger partial charge in [-0.2, -0.15) is 0 Å². The Kier molecular flexibility index (Phi) is 8.53. The van der Waals surface area contributed by atoms with Gasteiger partial charge in [0.25, 0.3) is 0 Å². The van der Waals surface area contributed by atoms with Crippen LogP contribution in [0.1, 0.15) is 52.9 Å². The maximum atomic E-state index is 4.24. The van der Waals surface area contributed by atoms with Crippen LogP contribution in [-0.4, -0.2) is 24.0 Å². The smallest absolute Gasteiger partial charge is 0.00958 e. The van der Waals surface area contributed by atoms with Gasteiger partial charge in [-0.25, -0.2) is 0 Å². The average molecular weight is 184 g/mol. The van der Waals surface area contributed by atoms with E-state index in [-0.39, 0.29) is 0 Å². The molecule has 1 nitrogen and oxygen atoms in total. The van der Waals surface area contributed by atoms with Crippen molar-refractivity contribution in [1.82, 2.24) is 4.90 Å². The number of unbranched alkanes of at least 4 members (excludes halogenated alkanes) is 1. The molecule has 0 aliphatic heterocycles. The van der Waals surface area contributed by atoms with E-state index in [1.807, 2.05) is 0 Å². The van der Waals surface area contributed by atoms with Crippen molar-refractivity contribution in [2.24, 2.45) is 0 Å². The molecule has 0 bridgehead atoms. The van der Waals surface area contributed by atoms with Gasteiger partial charge in [-0.15, -0.1) is 0 Å². The van der Waals surface area contributed by atoms with Crippen molar-refractivity contribution < 1.29 is 0 Å². The summed E-state index contributed by atoms with van der Waals surface area (Å²) in [4.78, 5) is 2.52. The second-order valence-electron chi connectivity index (χ2n) is 3.83. The predicted molar refractivity (Wildman–Crippen MR) is 60.8 cm³/mol. The average Bonchev–Trinajstić information content (AvgIpc) is 2.14. The summed E-state index contributed by atoms with van der Waals surface area (Å²) in [7, 11) is 0. The first-order valence-electron chi connectivity index (χ1n) is 5.83. The first-order valence-corrected chi connectivity index (χ1v) is 5.83. The minimum atomic E-state index is 0.542. The molecule has 0 saturated heterocycles. The van der Waals surface area contributed by atoms with Gasteiger partial charge in [-0.1, -0.05) is 33.6 Å². The van der Waals surface area contributed by atoms with Crippen molar-refractivity contribution in [2.75, 3.05) is 13.1 Å². The number of rotatable bonds is 8. The van der Waals surface area contributed by atoms with Gasteiger partial charge < -0.3 is 4.90 Å². The summed E-state index contributed by atoms with van der Waals surface area (Å²) in [5, 5.41) is 0. The lowest BCUT2D eigenvalue weighted by molar-refractivity contribution is 0.216. The highest BCUT2D eigenvalue weighted by molar-refractivity contribution is 4.73. The maximum Gasteiger partial charge on any atom is 0.00958 e. The Labute approximate surface area is 84.5 Å². The highest BCUT2D eigenvalue weighted by Crippen LogP contribution is 2.09. The van der Waals surface area contributed by atoms with Crippen molar-refractivity contribution in [1.29, 1.82) is 0 Å². The van der Waals surface area contributed by atoms with Gasteiger partial charge in [0.15, 0.2) is 0 Å². The topological polar surface area (TPSA) is 3.24 Å². The quantitative estimate of drug-likeness (QED) is 0.558. The van der Waals surface area contributed by atoms with Gasteiger partial charge in [0.05, 0.1) is 0 Å². The van der Waals surface area contributed by atoms with Gasteiger partial charge in [0.1, 0.15) is 0 Å². The SMILES string of the molecule is [CH2]C(CCCC)N(CCC)CCC. The highest BCUT2D eigenvalue weighted by Gasteiger charge is 2.10. The molecular weight excluding hydrogens is 158 g/mol. The number of nitrogens with zero attached hydrogens (tertiary/aromatic N) is 1. The third-order valence-electron chi connectivity index (χ3n) is 2.43. The first kappa shape index (κ1) is 13.0. The molecule has 0 rings (SSSR count). The molecule has 0 aliphatic carbocycles. The molecule has 0 aromatic rings. The molecule has 79 valence electrons. The molecule has 0 fully saturated rings. The Bertz CT molecular complexity index is 95.3. The van der Waals surface area contributed by atoms with Gasteiger partial charge in [-0.05, 0) is 39.3 Å². The highest BCUT2D eigenvalue weighted by atomic mass is 15.1. The molecule has 1 radical (unpaired) electrons. The molecule has 0 aliphatic rings. The fraction of sp³-hybridized carbons (Fsp3) is 0.917. The molecular formula is C12H26N. The number of hydrogen-bond acceptors (Lipinski definition) is 1. The molecule has 0 N–H and O–H groups in total. The maximum absolute atomic E-state index is 4.24. The van der Waals surface area contributed by atoms with Crippen molar-refractivity contribution >= 4 is 0 Å². The van der Waals surface area contributed by atoms with Crippen molar-refractivity contribution in [3.05, 3.63) is 6.92 Å².